The third-order valence-electron chi connectivity index (χ3n) is 3.95. The summed E-state index contributed by atoms with van der Waals surface area (Å²) >= 11 is 0. The summed E-state index contributed by atoms with van der Waals surface area (Å²) in [5, 5.41) is 3.95. The fraction of sp³-hybridized carbons (Fsp3) is 0.250. The fourth-order valence-corrected chi connectivity index (χ4v) is 2.75. The van der Waals surface area contributed by atoms with Gasteiger partial charge in [0, 0.05) is 22.8 Å². The Morgan fingerprint density at radius 2 is 1.88 bits per heavy atom. The molecule has 0 spiro atoms. The van der Waals surface area contributed by atoms with Gasteiger partial charge in [-0.25, -0.2) is 0 Å². The molecule has 0 aliphatic heterocycles. The maximum Gasteiger partial charge on any atom is 0.241 e. The van der Waals surface area contributed by atoms with Crippen LogP contribution in [0, 0.1) is 0 Å². The minimum Gasteiger partial charge on any atom is -0.491 e. The summed E-state index contributed by atoms with van der Waals surface area (Å²) in [6.45, 7) is 3.94. The van der Waals surface area contributed by atoms with Gasteiger partial charge in [-0.15, -0.1) is 0 Å². The van der Waals surface area contributed by atoms with Crippen LogP contribution in [0.2, 0.25) is 0 Å². The Hall–Kier alpha value is -2.79. The molecule has 0 radical (unpaired) electrons. The lowest BCUT2D eigenvalue weighted by Crippen LogP contribution is -2.37. The van der Waals surface area contributed by atoms with Gasteiger partial charge in [0.1, 0.15) is 5.75 Å². The summed E-state index contributed by atoms with van der Waals surface area (Å²) in [5.41, 5.74) is 8.88. The molecule has 0 aliphatic carbocycles. The zero-order valence-electron chi connectivity index (χ0n) is 14.5. The predicted molar refractivity (Wildman–Crippen MR) is 101 cm³/mol. The summed E-state index contributed by atoms with van der Waals surface area (Å²) in [7, 11) is 0. The highest BCUT2D eigenvalue weighted by molar-refractivity contribution is 5.95. The highest BCUT2D eigenvalue weighted by atomic mass is 16.5. The fourth-order valence-electron chi connectivity index (χ4n) is 2.75. The van der Waals surface area contributed by atoms with Crippen LogP contribution >= 0.6 is 0 Å². The molecule has 25 heavy (non-hydrogen) atoms. The number of para-hydroxylation sites is 1. The van der Waals surface area contributed by atoms with Crippen molar-refractivity contribution in [2.24, 2.45) is 5.73 Å². The van der Waals surface area contributed by atoms with E-state index in [4.69, 9.17) is 10.5 Å². The largest absolute Gasteiger partial charge is 0.491 e. The van der Waals surface area contributed by atoms with Crippen molar-refractivity contribution >= 4 is 22.5 Å². The average Bonchev–Trinajstić information content (AvgIpc) is 2.99. The molecule has 1 heterocycles. The summed E-state index contributed by atoms with van der Waals surface area (Å²) in [4.78, 5) is 15.6. The lowest BCUT2D eigenvalue weighted by atomic mass is 10.0. The van der Waals surface area contributed by atoms with Crippen LogP contribution in [0.5, 0.6) is 5.75 Å². The summed E-state index contributed by atoms with van der Waals surface area (Å²) in [6, 6.07) is 14.7. The molecule has 0 bridgehead atoms. The number of carbonyl (C=O) groups excluding carboxylic acids is 1. The Labute approximate surface area is 147 Å². The van der Waals surface area contributed by atoms with E-state index in [0.29, 0.717) is 12.1 Å². The average molecular weight is 337 g/mol. The van der Waals surface area contributed by atoms with Gasteiger partial charge in [0.2, 0.25) is 5.91 Å². The van der Waals surface area contributed by atoms with Gasteiger partial charge in [0.25, 0.3) is 0 Å². The Balaban J connectivity index is 1.62. The number of nitrogens with two attached hydrogens (primary N) is 1. The lowest BCUT2D eigenvalue weighted by Gasteiger charge is -2.13. The van der Waals surface area contributed by atoms with E-state index >= 15 is 0 Å². The molecule has 1 atom stereocenters. The first-order chi connectivity index (χ1) is 12.0. The maximum absolute atomic E-state index is 12.4. The van der Waals surface area contributed by atoms with Crippen molar-refractivity contribution < 1.29 is 9.53 Å². The van der Waals surface area contributed by atoms with Crippen LogP contribution < -0.4 is 15.8 Å². The minimum absolute atomic E-state index is 0.116. The molecule has 3 aromatic rings. The Morgan fingerprint density at radius 3 is 2.60 bits per heavy atom. The van der Waals surface area contributed by atoms with Gasteiger partial charge in [-0.2, -0.15) is 0 Å². The number of ether oxygens (including phenoxy) is 1. The van der Waals surface area contributed by atoms with E-state index in [1.807, 2.05) is 68.6 Å². The van der Waals surface area contributed by atoms with E-state index in [0.717, 1.165) is 22.2 Å². The van der Waals surface area contributed by atoms with Crippen molar-refractivity contribution in [1.82, 2.24) is 4.98 Å². The third-order valence-corrected chi connectivity index (χ3v) is 3.95. The zero-order chi connectivity index (χ0) is 17.8. The van der Waals surface area contributed by atoms with Crippen molar-refractivity contribution in [1.29, 1.82) is 0 Å². The highest BCUT2D eigenvalue weighted by Gasteiger charge is 2.16. The van der Waals surface area contributed by atoms with Crippen molar-refractivity contribution in [2.75, 3.05) is 5.32 Å². The van der Waals surface area contributed by atoms with Crippen molar-refractivity contribution in [2.45, 2.75) is 32.4 Å². The van der Waals surface area contributed by atoms with E-state index in [-0.39, 0.29) is 12.0 Å². The monoisotopic (exact) mass is 337 g/mol. The second-order valence-corrected chi connectivity index (χ2v) is 6.35. The number of nitrogens with one attached hydrogen (secondary N) is 2. The summed E-state index contributed by atoms with van der Waals surface area (Å²) < 4.78 is 5.59. The molecule has 3 rings (SSSR count). The number of amides is 1. The van der Waals surface area contributed by atoms with Gasteiger partial charge < -0.3 is 20.8 Å². The molecular weight excluding hydrogens is 314 g/mol. The minimum atomic E-state index is -0.620. The molecule has 130 valence electrons. The Kier molecular flexibility index (Phi) is 5.05. The number of benzene rings is 2. The number of rotatable bonds is 6. The van der Waals surface area contributed by atoms with E-state index in [1.54, 1.807) is 0 Å². The Morgan fingerprint density at radius 1 is 1.16 bits per heavy atom. The van der Waals surface area contributed by atoms with E-state index in [1.165, 1.54) is 0 Å². The number of carbonyl (C=O) groups is 1. The number of hydrogen-bond donors (Lipinski definition) is 3. The van der Waals surface area contributed by atoms with Gasteiger partial charge in [0.05, 0.1) is 12.1 Å². The number of aromatic amines is 1. The number of aromatic nitrogens is 1. The number of fused-ring (bicyclic) bond motifs is 1. The SMILES string of the molecule is CC(C)Oc1ccc(NC(=O)[C@@H](N)Cc2c[nH]c3ccccc23)cc1. The smallest absolute Gasteiger partial charge is 0.241 e. The molecule has 1 aromatic heterocycles. The topological polar surface area (TPSA) is 80.1 Å². The van der Waals surface area contributed by atoms with Crippen LogP contribution in [0.15, 0.2) is 54.7 Å². The zero-order valence-corrected chi connectivity index (χ0v) is 14.5. The second kappa shape index (κ2) is 7.40. The first kappa shape index (κ1) is 17.0. The van der Waals surface area contributed by atoms with Crippen LogP contribution in [0.1, 0.15) is 19.4 Å². The predicted octanol–water partition coefficient (Wildman–Crippen LogP) is 3.46. The van der Waals surface area contributed by atoms with Crippen LogP contribution in [-0.2, 0) is 11.2 Å². The molecule has 5 nitrogen and oxygen atoms in total. The van der Waals surface area contributed by atoms with Gasteiger partial charge in [-0.05, 0) is 56.2 Å². The van der Waals surface area contributed by atoms with E-state index < -0.39 is 6.04 Å². The molecule has 0 saturated carbocycles. The van der Waals surface area contributed by atoms with Crippen molar-refractivity contribution in [3.05, 3.63) is 60.3 Å². The molecule has 0 unspecified atom stereocenters. The van der Waals surface area contributed by atoms with Crippen molar-refractivity contribution in [3.8, 4) is 5.75 Å². The molecule has 5 heteroatoms. The molecule has 0 aliphatic rings. The summed E-state index contributed by atoms with van der Waals surface area (Å²) in [6.07, 6.45) is 2.50. The number of hydrogen-bond acceptors (Lipinski definition) is 3. The number of H-pyrrole nitrogens is 1. The second-order valence-electron chi connectivity index (χ2n) is 6.35. The molecule has 0 fully saturated rings. The third kappa shape index (κ3) is 4.19. The van der Waals surface area contributed by atoms with Crippen LogP contribution in [0.4, 0.5) is 5.69 Å². The molecule has 1 amide bonds. The van der Waals surface area contributed by atoms with Gasteiger partial charge in [-0.3, -0.25) is 4.79 Å². The molecule has 4 N–H and O–H groups in total. The van der Waals surface area contributed by atoms with Crippen LogP contribution in [-0.4, -0.2) is 23.0 Å². The van der Waals surface area contributed by atoms with Gasteiger partial charge in [-0.1, -0.05) is 18.2 Å². The lowest BCUT2D eigenvalue weighted by molar-refractivity contribution is -0.117. The molecular formula is C20H23N3O2. The maximum atomic E-state index is 12.4. The van der Waals surface area contributed by atoms with E-state index in [2.05, 4.69) is 10.3 Å². The van der Waals surface area contributed by atoms with Crippen molar-refractivity contribution in [3.63, 3.8) is 0 Å². The van der Waals surface area contributed by atoms with Gasteiger partial charge >= 0.3 is 0 Å². The Bertz CT molecular complexity index is 853. The summed E-state index contributed by atoms with van der Waals surface area (Å²) in [5.74, 6) is 0.568. The highest BCUT2D eigenvalue weighted by Crippen LogP contribution is 2.20. The van der Waals surface area contributed by atoms with E-state index in [9.17, 15) is 4.79 Å². The normalized spacial score (nSPS) is 12.3. The standard InChI is InChI=1S/C20H23N3O2/c1-13(2)25-16-9-7-15(8-10-16)23-20(24)18(21)11-14-12-22-19-6-4-3-5-17(14)19/h3-10,12-13,18,22H,11,21H2,1-2H3,(H,23,24)/t18-/m0/s1. The molecule has 0 saturated heterocycles. The first-order valence-electron chi connectivity index (χ1n) is 8.41. The quantitative estimate of drug-likeness (QED) is 0.644. The first-order valence-corrected chi connectivity index (χ1v) is 8.41. The van der Waals surface area contributed by atoms with Crippen LogP contribution in [0.25, 0.3) is 10.9 Å². The number of anilines is 1. The van der Waals surface area contributed by atoms with Crippen LogP contribution in [0.3, 0.4) is 0 Å². The molecule has 2 aromatic carbocycles. The van der Waals surface area contributed by atoms with Gasteiger partial charge in [0.15, 0.2) is 0 Å².